The maximum atomic E-state index is 13.4. The number of fused-ring (bicyclic) bond motifs is 1. The third-order valence-electron chi connectivity index (χ3n) is 5.98. The van der Waals surface area contributed by atoms with E-state index in [4.69, 9.17) is 14.6 Å². The molecule has 2 N–H and O–H groups in total. The van der Waals surface area contributed by atoms with Crippen molar-refractivity contribution in [2.45, 2.75) is 37.6 Å². The summed E-state index contributed by atoms with van der Waals surface area (Å²) in [6, 6.07) is 15.8. The number of carbonyl (C=O) groups is 1. The van der Waals surface area contributed by atoms with Crippen LogP contribution in [-0.2, 0) is 4.74 Å². The van der Waals surface area contributed by atoms with E-state index in [0.29, 0.717) is 0 Å². The summed E-state index contributed by atoms with van der Waals surface area (Å²) < 4.78 is 11.4. The van der Waals surface area contributed by atoms with Crippen LogP contribution in [0, 0.1) is 0 Å². The number of benzene rings is 2. The Bertz CT molecular complexity index is 871. The van der Waals surface area contributed by atoms with Crippen molar-refractivity contribution in [3.05, 3.63) is 65.2 Å². The summed E-state index contributed by atoms with van der Waals surface area (Å²) in [4.78, 5) is 15.3. The van der Waals surface area contributed by atoms with Crippen molar-refractivity contribution in [1.82, 2.24) is 10.2 Å². The number of rotatable bonds is 6. The number of nitrogens with zero attached hydrogens (tertiary/aromatic N) is 1. The van der Waals surface area contributed by atoms with E-state index in [2.05, 4.69) is 18.3 Å². The summed E-state index contributed by atoms with van der Waals surface area (Å²) in [5.41, 5.74) is 2.78. The monoisotopic (exact) mass is 396 g/mol. The van der Waals surface area contributed by atoms with Crippen molar-refractivity contribution in [2.75, 3.05) is 26.9 Å². The summed E-state index contributed by atoms with van der Waals surface area (Å²) >= 11 is 0. The number of aliphatic hydroxyl groups excluding tert-OH is 1. The summed E-state index contributed by atoms with van der Waals surface area (Å²) in [6.45, 7) is 3.26. The first-order valence-electron chi connectivity index (χ1n) is 10.2. The second kappa shape index (κ2) is 8.53. The molecule has 0 saturated carbocycles. The van der Waals surface area contributed by atoms with E-state index in [9.17, 15) is 4.79 Å². The molecule has 0 aromatic heterocycles. The first-order chi connectivity index (χ1) is 14.2. The molecular weight excluding hydrogens is 368 g/mol. The Hall–Kier alpha value is -2.41. The number of methoxy groups -OCH3 is 1. The maximum absolute atomic E-state index is 13.4. The molecule has 6 nitrogen and oxygen atoms in total. The molecule has 6 heteroatoms. The molecule has 1 amide bonds. The summed E-state index contributed by atoms with van der Waals surface area (Å²) in [6.07, 6.45) is 0.525. The molecule has 1 saturated heterocycles. The zero-order valence-corrected chi connectivity index (χ0v) is 16.9. The van der Waals surface area contributed by atoms with Gasteiger partial charge in [-0.1, -0.05) is 30.3 Å². The molecule has 1 fully saturated rings. The molecular formula is C23H28N2O4. The van der Waals surface area contributed by atoms with Crippen LogP contribution in [-0.4, -0.2) is 54.9 Å². The molecule has 4 unspecified atom stereocenters. The quantitative estimate of drug-likeness (QED) is 0.786. The number of hydrogen-bond donors (Lipinski definition) is 2. The number of hydrogen-bond acceptors (Lipinski definition) is 5. The van der Waals surface area contributed by atoms with Crippen LogP contribution in [0.25, 0.3) is 0 Å². The van der Waals surface area contributed by atoms with Crippen LogP contribution in [0.1, 0.15) is 47.0 Å². The lowest BCUT2D eigenvalue weighted by atomic mass is 9.81. The molecule has 0 spiro atoms. The third kappa shape index (κ3) is 3.64. The third-order valence-corrected chi connectivity index (χ3v) is 5.98. The highest BCUT2D eigenvalue weighted by molar-refractivity contribution is 5.99. The lowest BCUT2D eigenvalue weighted by Crippen LogP contribution is -2.57. The fourth-order valence-corrected chi connectivity index (χ4v) is 4.74. The Kier molecular flexibility index (Phi) is 5.85. The van der Waals surface area contributed by atoms with Crippen molar-refractivity contribution >= 4 is 5.91 Å². The van der Waals surface area contributed by atoms with Crippen LogP contribution >= 0.6 is 0 Å². The van der Waals surface area contributed by atoms with Gasteiger partial charge in [-0.2, -0.15) is 0 Å². The van der Waals surface area contributed by atoms with Gasteiger partial charge in [-0.3, -0.25) is 4.79 Å². The molecule has 29 heavy (non-hydrogen) atoms. The van der Waals surface area contributed by atoms with Crippen molar-refractivity contribution < 1.29 is 19.4 Å². The second-order valence-corrected chi connectivity index (χ2v) is 7.66. The van der Waals surface area contributed by atoms with E-state index in [1.165, 1.54) is 0 Å². The minimum absolute atomic E-state index is 0.0192. The maximum Gasteiger partial charge on any atom is 0.256 e. The van der Waals surface area contributed by atoms with Crippen LogP contribution in [0.4, 0.5) is 0 Å². The molecule has 154 valence electrons. The molecule has 0 bridgehead atoms. The van der Waals surface area contributed by atoms with Gasteiger partial charge in [0.1, 0.15) is 12.4 Å². The van der Waals surface area contributed by atoms with Gasteiger partial charge in [-0.25, -0.2) is 0 Å². The van der Waals surface area contributed by atoms with Crippen molar-refractivity contribution in [3.8, 4) is 5.75 Å². The van der Waals surface area contributed by atoms with Crippen molar-refractivity contribution in [3.63, 3.8) is 0 Å². The van der Waals surface area contributed by atoms with Crippen LogP contribution in [0.3, 0.4) is 0 Å². The normalized spacial score (nSPS) is 26.4. The first kappa shape index (κ1) is 19.9. The Balaban J connectivity index is 1.70. The largest absolute Gasteiger partial charge is 0.491 e. The highest BCUT2D eigenvalue weighted by atomic mass is 16.5. The summed E-state index contributed by atoms with van der Waals surface area (Å²) in [5.74, 6) is 0.909. The predicted octanol–water partition coefficient (Wildman–Crippen LogP) is 2.69. The minimum atomic E-state index is -0.387. The number of aliphatic hydroxyl groups is 1. The number of carbonyl (C=O) groups excluding carboxylic acids is 1. The molecule has 4 rings (SSSR count). The lowest BCUT2D eigenvalue weighted by molar-refractivity contribution is -0.0466. The molecule has 2 aliphatic rings. The average Bonchev–Trinajstić information content (AvgIpc) is 3.04. The molecule has 2 aromatic rings. The van der Waals surface area contributed by atoms with E-state index in [0.717, 1.165) is 35.4 Å². The summed E-state index contributed by atoms with van der Waals surface area (Å²) in [7, 11) is 1.66. The number of piperidine rings is 1. The van der Waals surface area contributed by atoms with Gasteiger partial charge in [0, 0.05) is 30.2 Å². The van der Waals surface area contributed by atoms with Gasteiger partial charge in [-0.15, -0.1) is 0 Å². The Morgan fingerprint density at radius 3 is 2.83 bits per heavy atom. The van der Waals surface area contributed by atoms with Gasteiger partial charge in [0.15, 0.2) is 6.23 Å². The van der Waals surface area contributed by atoms with E-state index < -0.39 is 0 Å². The zero-order valence-electron chi connectivity index (χ0n) is 16.9. The molecule has 4 atom stereocenters. The zero-order chi connectivity index (χ0) is 20.4. The predicted molar refractivity (Wildman–Crippen MR) is 110 cm³/mol. The molecule has 0 radical (unpaired) electrons. The minimum Gasteiger partial charge on any atom is -0.491 e. The van der Waals surface area contributed by atoms with E-state index in [1.54, 1.807) is 7.11 Å². The van der Waals surface area contributed by atoms with E-state index >= 15 is 0 Å². The van der Waals surface area contributed by atoms with Gasteiger partial charge in [0.25, 0.3) is 5.91 Å². The fraction of sp³-hybridized carbons (Fsp3) is 0.435. The Morgan fingerprint density at radius 2 is 2.03 bits per heavy atom. The van der Waals surface area contributed by atoms with Crippen LogP contribution in [0.15, 0.2) is 48.5 Å². The van der Waals surface area contributed by atoms with Gasteiger partial charge < -0.3 is 24.8 Å². The van der Waals surface area contributed by atoms with E-state index in [1.807, 2.05) is 47.4 Å². The van der Waals surface area contributed by atoms with Gasteiger partial charge >= 0.3 is 0 Å². The topological polar surface area (TPSA) is 71.0 Å². The molecule has 2 heterocycles. The van der Waals surface area contributed by atoms with Crippen LogP contribution in [0.2, 0.25) is 0 Å². The molecule has 2 aliphatic heterocycles. The lowest BCUT2D eigenvalue weighted by Gasteiger charge is -2.44. The Morgan fingerprint density at radius 1 is 1.21 bits per heavy atom. The highest BCUT2D eigenvalue weighted by Crippen LogP contribution is 2.42. The second-order valence-electron chi connectivity index (χ2n) is 7.66. The number of ether oxygens (including phenoxy) is 2. The number of nitrogens with one attached hydrogen (secondary N) is 1. The smallest absolute Gasteiger partial charge is 0.256 e. The first-order valence-corrected chi connectivity index (χ1v) is 10.2. The van der Waals surface area contributed by atoms with Crippen LogP contribution < -0.4 is 10.1 Å². The van der Waals surface area contributed by atoms with Crippen molar-refractivity contribution in [2.24, 2.45) is 0 Å². The summed E-state index contributed by atoms with van der Waals surface area (Å²) in [5, 5.41) is 12.6. The molecule has 2 aromatic carbocycles. The fourth-order valence-electron chi connectivity index (χ4n) is 4.74. The van der Waals surface area contributed by atoms with Gasteiger partial charge in [0.05, 0.1) is 12.6 Å². The number of amides is 1. The Labute approximate surface area is 171 Å². The van der Waals surface area contributed by atoms with Crippen molar-refractivity contribution in [1.29, 1.82) is 0 Å². The van der Waals surface area contributed by atoms with E-state index in [-0.39, 0.29) is 43.4 Å². The van der Waals surface area contributed by atoms with Gasteiger partial charge in [0.2, 0.25) is 0 Å². The highest BCUT2D eigenvalue weighted by Gasteiger charge is 2.46. The van der Waals surface area contributed by atoms with Crippen LogP contribution in [0.5, 0.6) is 5.75 Å². The average molecular weight is 396 g/mol. The van der Waals surface area contributed by atoms with Gasteiger partial charge in [-0.05, 0) is 43.7 Å². The standard InChI is InChI=1S/C23H28N2O4/c1-15-21(25-22(27)19-8-3-4-9-20(19)23(25)28-2)18(10-11-24-15)16-6-5-7-17(14-16)29-13-12-26/h3-9,14-15,18,21,23-24,26H,10-13H2,1-2H3. The molecule has 0 aliphatic carbocycles. The SMILES string of the molecule is COC1c2ccccc2C(=O)N1C1C(C)NCCC1c1cccc(OCCO)c1.